The molecular weight excluding hydrogens is 349 g/mol. The lowest BCUT2D eigenvalue weighted by Gasteiger charge is -2.08. The van der Waals surface area contributed by atoms with Crippen LogP contribution in [0.4, 0.5) is 13.2 Å². The maximum absolute atomic E-state index is 12.5. The summed E-state index contributed by atoms with van der Waals surface area (Å²) < 4.78 is 43.7. The number of fused-ring (bicyclic) bond motifs is 2. The van der Waals surface area contributed by atoms with Gasteiger partial charge in [-0.25, -0.2) is 14.5 Å². The van der Waals surface area contributed by atoms with E-state index in [1.54, 1.807) is 16.8 Å². The minimum atomic E-state index is -4.75. The molecule has 0 unspecified atom stereocenters. The predicted molar refractivity (Wildman–Crippen MR) is 80.9 cm³/mol. The first-order valence-corrected chi connectivity index (χ1v) is 8.01. The van der Waals surface area contributed by atoms with Crippen molar-refractivity contribution in [2.45, 2.75) is 13.3 Å². The Bertz CT molecular complexity index is 986. The normalized spacial score (nSPS) is 12.3. The maximum Gasteiger partial charge on any atom is 0.573 e. The minimum Gasteiger partial charge on any atom is -0.403 e. The Morgan fingerprint density at radius 1 is 1.17 bits per heavy atom. The van der Waals surface area contributed by atoms with Crippen LogP contribution in [0.5, 0.6) is 5.75 Å². The summed E-state index contributed by atoms with van der Waals surface area (Å²) in [6.07, 6.45) is -3.04. The summed E-state index contributed by atoms with van der Waals surface area (Å²) in [4.78, 5) is 9.38. The molecule has 10 heteroatoms. The predicted octanol–water partition coefficient (Wildman–Crippen LogP) is 4.27. The molecule has 4 aromatic rings. The van der Waals surface area contributed by atoms with Gasteiger partial charge in [0.1, 0.15) is 21.2 Å². The standard InChI is InChI=1S/C13H7F3N4OS2/c1-6-19-20-5-7(17-12(20)22-6)11-18-10-8(21-13(14,15)16)3-2-4-9(10)23-11/h2-5H,1H3. The van der Waals surface area contributed by atoms with Crippen LogP contribution in [0.1, 0.15) is 5.01 Å². The van der Waals surface area contributed by atoms with Crippen molar-refractivity contribution in [2.75, 3.05) is 0 Å². The van der Waals surface area contributed by atoms with Crippen LogP contribution in [-0.4, -0.2) is 25.9 Å². The highest BCUT2D eigenvalue weighted by molar-refractivity contribution is 7.21. The topological polar surface area (TPSA) is 52.3 Å². The molecule has 0 atom stereocenters. The molecule has 5 nitrogen and oxygen atoms in total. The Kier molecular flexibility index (Phi) is 3.07. The summed E-state index contributed by atoms with van der Waals surface area (Å²) in [6.45, 7) is 1.87. The SMILES string of the molecule is Cc1nn2cc(-c3nc4c(OC(F)(F)F)cccc4s3)nc2s1. The van der Waals surface area contributed by atoms with Crippen LogP contribution in [0.25, 0.3) is 25.9 Å². The summed E-state index contributed by atoms with van der Waals surface area (Å²) in [5.41, 5.74) is 0.744. The van der Waals surface area contributed by atoms with Crippen LogP contribution in [0.15, 0.2) is 24.4 Å². The van der Waals surface area contributed by atoms with Crippen molar-refractivity contribution in [3.05, 3.63) is 29.4 Å². The van der Waals surface area contributed by atoms with E-state index in [2.05, 4.69) is 19.8 Å². The summed E-state index contributed by atoms with van der Waals surface area (Å²) >= 11 is 2.69. The van der Waals surface area contributed by atoms with E-state index >= 15 is 0 Å². The van der Waals surface area contributed by atoms with Crippen LogP contribution in [-0.2, 0) is 0 Å². The number of aromatic nitrogens is 4. The lowest BCUT2D eigenvalue weighted by Crippen LogP contribution is -2.17. The van der Waals surface area contributed by atoms with E-state index in [1.807, 2.05) is 6.92 Å². The van der Waals surface area contributed by atoms with Crippen molar-refractivity contribution in [1.82, 2.24) is 19.6 Å². The van der Waals surface area contributed by atoms with Gasteiger partial charge in [-0.1, -0.05) is 17.4 Å². The molecule has 1 aromatic carbocycles. The molecule has 0 aliphatic carbocycles. The zero-order valence-electron chi connectivity index (χ0n) is 11.5. The number of halogens is 3. The van der Waals surface area contributed by atoms with Gasteiger partial charge in [0.05, 0.1) is 10.9 Å². The fraction of sp³-hybridized carbons (Fsp3) is 0.154. The molecule has 0 N–H and O–H groups in total. The molecule has 3 aromatic heterocycles. The Balaban J connectivity index is 1.81. The molecule has 0 bridgehead atoms. The molecule has 0 saturated carbocycles. The molecular formula is C13H7F3N4OS2. The monoisotopic (exact) mass is 356 g/mol. The zero-order chi connectivity index (χ0) is 16.2. The van der Waals surface area contributed by atoms with Crippen molar-refractivity contribution in [2.24, 2.45) is 0 Å². The van der Waals surface area contributed by atoms with Gasteiger partial charge in [0.15, 0.2) is 5.75 Å². The third-order valence-electron chi connectivity index (χ3n) is 2.97. The summed E-state index contributed by atoms with van der Waals surface area (Å²) in [7, 11) is 0. The molecule has 0 amide bonds. The molecule has 4 rings (SSSR count). The first-order valence-electron chi connectivity index (χ1n) is 6.37. The molecule has 0 aliphatic heterocycles. The number of aryl methyl sites for hydroxylation is 1. The lowest BCUT2D eigenvalue weighted by molar-refractivity contribution is -0.274. The number of para-hydroxylation sites is 1. The number of thiazole rings is 1. The third-order valence-corrected chi connectivity index (χ3v) is 4.85. The number of alkyl halides is 3. The van der Waals surface area contributed by atoms with E-state index in [0.717, 1.165) is 5.01 Å². The van der Waals surface area contributed by atoms with E-state index in [-0.39, 0.29) is 11.3 Å². The Labute approximate surface area is 135 Å². The maximum atomic E-state index is 12.5. The van der Waals surface area contributed by atoms with Crippen LogP contribution in [0, 0.1) is 6.92 Å². The number of benzene rings is 1. The Morgan fingerprint density at radius 2 is 2.00 bits per heavy atom. The minimum absolute atomic E-state index is 0.172. The second kappa shape index (κ2) is 4.90. The molecule has 0 saturated heterocycles. The molecule has 23 heavy (non-hydrogen) atoms. The van der Waals surface area contributed by atoms with Crippen molar-refractivity contribution < 1.29 is 17.9 Å². The quantitative estimate of drug-likeness (QED) is 0.538. The Morgan fingerprint density at radius 3 is 2.74 bits per heavy atom. The van der Waals surface area contributed by atoms with Crippen molar-refractivity contribution in [1.29, 1.82) is 0 Å². The van der Waals surface area contributed by atoms with Gasteiger partial charge in [-0.2, -0.15) is 5.10 Å². The number of hydrogen-bond donors (Lipinski definition) is 0. The van der Waals surface area contributed by atoms with E-state index in [0.29, 0.717) is 20.4 Å². The molecule has 0 spiro atoms. The van der Waals surface area contributed by atoms with Gasteiger partial charge < -0.3 is 4.74 Å². The van der Waals surface area contributed by atoms with E-state index < -0.39 is 6.36 Å². The molecule has 118 valence electrons. The zero-order valence-corrected chi connectivity index (χ0v) is 13.1. The van der Waals surface area contributed by atoms with Gasteiger partial charge in [-0.05, 0) is 19.1 Å². The van der Waals surface area contributed by atoms with Crippen LogP contribution in [0.3, 0.4) is 0 Å². The van der Waals surface area contributed by atoms with Gasteiger partial charge in [-0.15, -0.1) is 24.5 Å². The summed E-state index contributed by atoms with van der Waals surface area (Å²) in [5, 5.41) is 5.66. The molecule has 3 heterocycles. The highest BCUT2D eigenvalue weighted by atomic mass is 32.1. The van der Waals surface area contributed by atoms with Gasteiger partial charge >= 0.3 is 6.36 Å². The van der Waals surface area contributed by atoms with Gasteiger partial charge in [-0.3, -0.25) is 0 Å². The van der Waals surface area contributed by atoms with Gasteiger partial charge in [0.2, 0.25) is 4.96 Å². The van der Waals surface area contributed by atoms with Crippen molar-refractivity contribution >= 4 is 37.9 Å². The van der Waals surface area contributed by atoms with Crippen LogP contribution in [0.2, 0.25) is 0 Å². The van der Waals surface area contributed by atoms with Crippen LogP contribution >= 0.6 is 22.7 Å². The lowest BCUT2D eigenvalue weighted by atomic mass is 10.3. The fourth-order valence-corrected chi connectivity index (χ4v) is 3.80. The van der Waals surface area contributed by atoms with E-state index in [4.69, 9.17) is 0 Å². The number of nitrogens with zero attached hydrogens (tertiary/aromatic N) is 4. The smallest absolute Gasteiger partial charge is 0.403 e. The number of ether oxygens (including phenoxy) is 1. The average molecular weight is 356 g/mol. The van der Waals surface area contributed by atoms with E-state index in [1.165, 1.54) is 34.8 Å². The van der Waals surface area contributed by atoms with Gasteiger partial charge in [0, 0.05) is 0 Å². The third kappa shape index (κ3) is 2.63. The van der Waals surface area contributed by atoms with Crippen LogP contribution < -0.4 is 4.74 Å². The highest BCUT2D eigenvalue weighted by Gasteiger charge is 2.32. The first kappa shape index (κ1) is 14.4. The molecule has 0 aliphatic rings. The average Bonchev–Trinajstić information content (AvgIpc) is 3.08. The summed E-state index contributed by atoms with van der Waals surface area (Å²) in [6, 6.07) is 4.44. The number of imidazole rings is 1. The second-order valence-corrected chi connectivity index (χ2v) is 6.83. The molecule has 0 radical (unpaired) electrons. The second-order valence-electron chi connectivity index (χ2n) is 4.64. The number of hydrogen-bond acceptors (Lipinski definition) is 6. The summed E-state index contributed by atoms with van der Waals surface area (Å²) in [5.74, 6) is -0.313. The first-order chi connectivity index (χ1) is 10.9. The fourth-order valence-electron chi connectivity index (χ4n) is 2.14. The number of rotatable bonds is 2. The van der Waals surface area contributed by atoms with E-state index in [9.17, 15) is 13.2 Å². The largest absolute Gasteiger partial charge is 0.573 e. The highest BCUT2D eigenvalue weighted by Crippen LogP contribution is 2.36. The Hall–Kier alpha value is -2.20. The van der Waals surface area contributed by atoms with Crippen molar-refractivity contribution in [3.63, 3.8) is 0 Å². The molecule has 0 fully saturated rings. The van der Waals surface area contributed by atoms with Gasteiger partial charge in [0.25, 0.3) is 0 Å². The van der Waals surface area contributed by atoms with Crippen molar-refractivity contribution in [3.8, 4) is 16.5 Å².